The van der Waals surface area contributed by atoms with Gasteiger partial charge in [-0.1, -0.05) is 0 Å². The molecule has 0 amide bonds. The zero-order valence-electron chi connectivity index (χ0n) is 7.65. The van der Waals surface area contributed by atoms with Crippen LogP contribution in [0.4, 0.5) is 0 Å². The Kier molecular flexibility index (Phi) is 14.7. The fourth-order valence-corrected chi connectivity index (χ4v) is 0.618. The van der Waals surface area contributed by atoms with Crippen LogP contribution in [0.15, 0.2) is 0 Å². The van der Waals surface area contributed by atoms with Crippen LogP contribution < -0.4 is 6.15 Å². The number of aldehydes is 1. The average Bonchev–Trinajstić information content (AvgIpc) is 2.12. The molecule has 0 spiro atoms. The summed E-state index contributed by atoms with van der Waals surface area (Å²) in [5.41, 5.74) is 0. The summed E-state index contributed by atoms with van der Waals surface area (Å²) in [5, 5.41) is 43.5. The van der Waals surface area contributed by atoms with E-state index < -0.39 is 31.0 Å². The molecule has 0 aromatic heterocycles. The third kappa shape index (κ3) is 6.23. The molecular formula is C6H15CaNO6. The van der Waals surface area contributed by atoms with Gasteiger partial charge in [0.25, 0.3) is 0 Å². The standard InChI is InChI=1S/C6H12O6.Ca.H3N/c7-1-3(9)5(11)6(12)4(10)2-8;;/h1,3-6,8-12H,2H2;;1H3/t3-,4+,5+,6+;;/m0../s1. The first-order chi connectivity index (χ1) is 5.54. The molecule has 0 saturated heterocycles. The Labute approximate surface area is 111 Å². The van der Waals surface area contributed by atoms with E-state index in [2.05, 4.69) is 0 Å². The molecule has 0 rings (SSSR count). The van der Waals surface area contributed by atoms with Gasteiger partial charge < -0.3 is 36.5 Å². The van der Waals surface area contributed by atoms with Crippen LogP contribution >= 0.6 is 0 Å². The van der Waals surface area contributed by atoms with E-state index in [1.54, 1.807) is 0 Å². The summed E-state index contributed by atoms with van der Waals surface area (Å²) < 4.78 is 0. The number of rotatable bonds is 5. The minimum absolute atomic E-state index is 0. The van der Waals surface area contributed by atoms with E-state index in [9.17, 15) is 4.79 Å². The number of hydrogen-bond acceptors (Lipinski definition) is 7. The van der Waals surface area contributed by atoms with Gasteiger partial charge in [-0.05, 0) is 0 Å². The SMILES string of the molecule is N.O=C[C@H](O)[C@@H](O)[C@H](O)[C@H](O)CO.[Ca]. The molecule has 7 nitrogen and oxygen atoms in total. The Morgan fingerprint density at radius 2 is 1.50 bits per heavy atom. The molecule has 0 unspecified atom stereocenters. The predicted octanol–water partition coefficient (Wildman–Crippen LogP) is -3.60. The Morgan fingerprint density at radius 3 is 1.79 bits per heavy atom. The first-order valence-electron chi connectivity index (χ1n) is 3.33. The second-order valence-electron chi connectivity index (χ2n) is 2.36. The molecule has 4 atom stereocenters. The molecule has 0 aliphatic rings. The van der Waals surface area contributed by atoms with Crippen LogP contribution in [0.5, 0.6) is 0 Å². The van der Waals surface area contributed by atoms with E-state index in [1.165, 1.54) is 0 Å². The fraction of sp³-hybridized carbons (Fsp3) is 0.833. The van der Waals surface area contributed by atoms with E-state index in [0.717, 1.165) is 0 Å². The van der Waals surface area contributed by atoms with Crippen molar-refractivity contribution >= 4 is 44.0 Å². The summed E-state index contributed by atoms with van der Waals surface area (Å²) in [6.45, 7) is -0.760. The first kappa shape index (κ1) is 20.1. The molecule has 8 heteroatoms. The van der Waals surface area contributed by atoms with Crippen molar-refractivity contribution in [1.82, 2.24) is 6.15 Å². The molecule has 0 saturated carbocycles. The quantitative estimate of drug-likeness (QED) is 0.213. The van der Waals surface area contributed by atoms with Crippen LogP contribution in [0.1, 0.15) is 0 Å². The van der Waals surface area contributed by atoms with Crippen molar-refractivity contribution in [3.05, 3.63) is 0 Å². The smallest absolute Gasteiger partial charge is 0.151 e. The van der Waals surface area contributed by atoms with Crippen molar-refractivity contribution < 1.29 is 30.3 Å². The molecule has 14 heavy (non-hydrogen) atoms. The zero-order chi connectivity index (χ0) is 9.72. The van der Waals surface area contributed by atoms with Crippen LogP contribution in [0, 0.1) is 0 Å². The van der Waals surface area contributed by atoms with Gasteiger partial charge in [-0.2, -0.15) is 0 Å². The topological polar surface area (TPSA) is 153 Å². The summed E-state index contributed by atoms with van der Waals surface area (Å²) in [4.78, 5) is 9.90. The van der Waals surface area contributed by atoms with Crippen LogP contribution in [0.2, 0.25) is 0 Å². The van der Waals surface area contributed by atoms with Gasteiger partial charge >= 0.3 is 0 Å². The van der Waals surface area contributed by atoms with Gasteiger partial charge in [0.1, 0.15) is 24.4 Å². The van der Waals surface area contributed by atoms with Crippen molar-refractivity contribution in [2.45, 2.75) is 24.4 Å². The summed E-state index contributed by atoms with van der Waals surface area (Å²) in [6.07, 6.45) is -6.84. The fourth-order valence-electron chi connectivity index (χ4n) is 0.618. The number of hydrogen-bond donors (Lipinski definition) is 6. The van der Waals surface area contributed by atoms with Gasteiger partial charge in [0.2, 0.25) is 0 Å². The zero-order valence-corrected chi connectivity index (χ0v) is 9.86. The van der Waals surface area contributed by atoms with Gasteiger partial charge in [0.15, 0.2) is 6.29 Å². The van der Waals surface area contributed by atoms with Crippen LogP contribution in [0.25, 0.3) is 0 Å². The largest absolute Gasteiger partial charge is 0.394 e. The maximum absolute atomic E-state index is 9.90. The van der Waals surface area contributed by atoms with Crippen molar-refractivity contribution in [2.75, 3.05) is 6.61 Å². The monoisotopic (exact) mass is 237 g/mol. The number of aliphatic hydroxyl groups excluding tert-OH is 5. The maximum Gasteiger partial charge on any atom is 0.151 e. The molecule has 0 fully saturated rings. The number of carbonyl (C=O) groups is 1. The Balaban J connectivity index is -0.000000605. The van der Waals surface area contributed by atoms with Crippen LogP contribution in [0.3, 0.4) is 0 Å². The first-order valence-corrected chi connectivity index (χ1v) is 3.33. The van der Waals surface area contributed by atoms with E-state index in [-0.39, 0.29) is 50.2 Å². The van der Waals surface area contributed by atoms with E-state index in [4.69, 9.17) is 25.5 Å². The molecule has 0 bridgehead atoms. The summed E-state index contributed by atoms with van der Waals surface area (Å²) >= 11 is 0. The molecule has 0 aliphatic carbocycles. The Morgan fingerprint density at radius 1 is 1.07 bits per heavy atom. The molecule has 0 aliphatic heterocycles. The van der Waals surface area contributed by atoms with Gasteiger partial charge in [0, 0.05) is 37.7 Å². The molecular weight excluding hydrogens is 222 g/mol. The average molecular weight is 237 g/mol. The molecule has 0 aromatic rings. The summed E-state index contributed by atoms with van der Waals surface area (Å²) in [7, 11) is 0. The Bertz CT molecular complexity index is 148. The van der Waals surface area contributed by atoms with Gasteiger partial charge in [0.05, 0.1) is 6.61 Å². The van der Waals surface area contributed by atoms with Crippen molar-refractivity contribution in [3.63, 3.8) is 0 Å². The van der Waals surface area contributed by atoms with Crippen LogP contribution in [-0.2, 0) is 4.79 Å². The van der Waals surface area contributed by atoms with Gasteiger partial charge in [-0.3, -0.25) is 0 Å². The molecule has 8 N–H and O–H groups in total. The van der Waals surface area contributed by atoms with Crippen LogP contribution in [-0.4, -0.2) is 101 Å². The Hall–Kier alpha value is 0.690. The van der Waals surface area contributed by atoms with Crippen molar-refractivity contribution in [2.24, 2.45) is 0 Å². The molecule has 0 aromatic carbocycles. The normalized spacial score (nSPS) is 18.1. The molecule has 0 heterocycles. The van der Waals surface area contributed by atoms with E-state index in [0.29, 0.717) is 0 Å². The molecule has 2 radical (unpaired) electrons. The molecule has 82 valence electrons. The van der Waals surface area contributed by atoms with Gasteiger partial charge in [-0.25, -0.2) is 0 Å². The van der Waals surface area contributed by atoms with E-state index >= 15 is 0 Å². The van der Waals surface area contributed by atoms with E-state index in [1.807, 2.05) is 0 Å². The minimum Gasteiger partial charge on any atom is -0.394 e. The predicted molar refractivity (Wildman–Crippen MR) is 48.0 cm³/mol. The summed E-state index contributed by atoms with van der Waals surface area (Å²) in [5.74, 6) is 0. The minimum atomic E-state index is -1.79. The maximum atomic E-state index is 9.90. The third-order valence-electron chi connectivity index (χ3n) is 1.42. The third-order valence-corrected chi connectivity index (χ3v) is 1.42. The van der Waals surface area contributed by atoms with Gasteiger partial charge in [-0.15, -0.1) is 0 Å². The van der Waals surface area contributed by atoms with Crippen molar-refractivity contribution in [1.29, 1.82) is 0 Å². The number of aliphatic hydroxyl groups is 5. The summed E-state index contributed by atoms with van der Waals surface area (Å²) in [6, 6.07) is 0. The second kappa shape index (κ2) is 10.2. The number of carbonyl (C=O) groups excluding carboxylic acids is 1. The van der Waals surface area contributed by atoms with Crippen molar-refractivity contribution in [3.8, 4) is 0 Å². The second-order valence-corrected chi connectivity index (χ2v) is 2.36.